The highest BCUT2D eigenvalue weighted by Gasteiger charge is 2.04. The molecule has 0 aliphatic rings. The molecule has 0 unspecified atom stereocenters. The molecular formula is C12H8N2O. The Kier molecular flexibility index (Phi) is 1.59. The highest BCUT2D eigenvalue weighted by atomic mass is 16.1. The van der Waals surface area contributed by atoms with Crippen molar-refractivity contribution in [1.82, 2.24) is 9.97 Å². The predicted molar refractivity (Wildman–Crippen MR) is 59.0 cm³/mol. The highest BCUT2D eigenvalue weighted by molar-refractivity contribution is 6.04. The molecule has 3 heteroatoms. The maximum absolute atomic E-state index is 10.7. The summed E-state index contributed by atoms with van der Waals surface area (Å²) in [5.74, 6) is 0. The number of pyridine rings is 1. The molecule has 0 bridgehead atoms. The van der Waals surface area contributed by atoms with Crippen LogP contribution in [0.4, 0.5) is 0 Å². The monoisotopic (exact) mass is 196 g/mol. The minimum Gasteiger partial charge on any atom is -0.351 e. The molecule has 15 heavy (non-hydrogen) atoms. The fourth-order valence-corrected chi connectivity index (χ4v) is 1.81. The van der Waals surface area contributed by atoms with E-state index in [1.165, 1.54) is 0 Å². The first-order chi connectivity index (χ1) is 7.38. The van der Waals surface area contributed by atoms with E-state index in [0.717, 1.165) is 28.1 Å². The lowest BCUT2D eigenvalue weighted by Gasteiger charge is -1.97. The topological polar surface area (TPSA) is 45.8 Å². The Morgan fingerprint density at radius 2 is 2.13 bits per heavy atom. The number of aromatic amines is 1. The Labute approximate surface area is 85.8 Å². The van der Waals surface area contributed by atoms with Gasteiger partial charge in [-0.25, -0.2) is 0 Å². The van der Waals surface area contributed by atoms with E-state index in [1.807, 2.05) is 30.5 Å². The second-order valence-corrected chi connectivity index (χ2v) is 3.45. The molecule has 0 aliphatic heterocycles. The van der Waals surface area contributed by atoms with Crippen molar-refractivity contribution in [2.75, 3.05) is 0 Å². The number of rotatable bonds is 1. The van der Waals surface area contributed by atoms with Gasteiger partial charge in [0, 0.05) is 17.0 Å². The van der Waals surface area contributed by atoms with Crippen LogP contribution in [0.3, 0.4) is 0 Å². The quantitative estimate of drug-likeness (QED) is 0.608. The molecule has 2 heterocycles. The van der Waals surface area contributed by atoms with Gasteiger partial charge in [-0.05, 0) is 6.07 Å². The van der Waals surface area contributed by atoms with Crippen molar-refractivity contribution in [3.63, 3.8) is 0 Å². The third-order valence-corrected chi connectivity index (χ3v) is 2.52. The molecule has 0 radical (unpaired) electrons. The van der Waals surface area contributed by atoms with Crippen LogP contribution in [0.15, 0.2) is 36.5 Å². The number of hydrogen-bond acceptors (Lipinski definition) is 2. The molecule has 3 rings (SSSR count). The summed E-state index contributed by atoms with van der Waals surface area (Å²) in [7, 11) is 0. The zero-order valence-corrected chi connectivity index (χ0v) is 7.90. The van der Waals surface area contributed by atoms with Gasteiger partial charge in [0.1, 0.15) is 0 Å². The zero-order chi connectivity index (χ0) is 10.3. The highest BCUT2D eigenvalue weighted by Crippen LogP contribution is 2.22. The normalized spacial score (nSPS) is 10.9. The van der Waals surface area contributed by atoms with Gasteiger partial charge >= 0.3 is 0 Å². The number of aromatic nitrogens is 2. The molecule has 3 aromatic rings. The number of hydrogen-bond donors (Lipinski definition) is 1. The minimum atomic E-state index is 0.564. The predicted octanol–water partition coefficient (Wildman–Crippen LogP) is 2.53. The van der Waals surface area contributed by atoms with E-state index >= 15 is 0 Å². The third-order valence-electron chi connectivity index (χ3n) is 2.52. The third kappa shape index (κ3) is 1.13. The number of nitrogens with one attached hydrogen (secondary N) is 1. The van der Waals surface area contributed by atoms with Gasteiger partial charge in [-0.3, -0.25) is 9.78 Å². The lowest BCUT2D eigenvalue weighted by Crippen LogP contribution is -1.79. The van der Waals surface area contributed by atoms with E-state index in [9.17, 15) is 4.79 Å². The average molecular weight is 196 g/mol. The first-order valence-corrected chi connectivity index (χ1v) is 4.70. The van der Waals surface area contributed by atoms with Crippen LogP contribution in [-0.4, -0.2) is 16.3 Å². The fraction of sp³-hybridized carbons (Fsp3) is 0. The Morgan fingerprint density at radius 1 is 1.27 bits per heavy atom. The van der Waals surface area contributed by atoms with Gasteiger partial charge in [-0.15, -0.1) is 0 Å². The summed E-state index contributed by atoms with van der Waals surface area (Å²) in [4.78, 5) is 18.0. The molecule has 0 spiro atoms. The standard InChI is InChI=1S/C12H8N2O/c15-7-9-5-11-12(14-9)10-4-2-1-3-8(10)6-13-11/h1-7,14H. The van der Waals surface area contributed by atoms with Crippen LogP contribution >= 0.6 is 0 Å². The van der Waals surface area contributed by atoms with Crippen LogP contribution in [0, 0.1) is 0 Å². The number of nitrogens with zero attached hydrogens (tertiary/aromatic N) is 1. The number of carbonyl (C=O) groups excluding carboxylic acids is 1. The summed E-state index contributed by atoms with van der Waals surface area (Å²) < 4.78 is 0. The summed E-state index contributed by atoms with van der Waals surface area (Å²) in [6, 6.07) is 9.73. The molecule has 1 N–H and O–H groups in total. The average Bonchev–Trinajstić information content (AvgIpc) is 2.72. The van der Waals surface area contributed by atoms with Crippen molar-refractivity contribution in [3.05, 3.63) is 42.2 Å². The van der Waals surface area contributed by atoms with Gasteiger partial charge in [-0.2, -0.15) is 0 Å². The number of fused-ring (bicyclic) bond motifs is 3. The van der Waals surface area contributed by atoms with E-state index < -0.39 is 0 Å². The van der Waals surface area contributed by atoms with E-state index in [-0.39, 0.29) is 0 Å². The summed E-state index contributed by atoms with van der Waals surface area (Å²) in [5, 5.41) is 2.17. The summed E-state index contributed by atoms with van der Waals surface area (Å²) in [5.41, 5.74) is 2.32. The molecule has 3 nitrogen and oxygen atoms in total. The second-order valence-electron chi connectivity index (χ2n) is 3.45. The van der Waals surface area contributed by atoms with Crippen LogP contribution in [0.1, 0.15) is 10.5 Å². The Bertz CT molecular complexity index is 655. The van der Waals surface area contributed by atoms with E-state index in [1.54, 1.807) is 6.07 Å². The largest absolute Gasteiger partial charge is 0.351 e. The van der Waals surface area contributed by atoms with Gasteiger partial charge in [0.2, 0.25) is 0 Å². The van der Waals surface area contributed by atoms with Crippen molar-refractivity contribution in [2.24, 2.45) is 0 Å². The van der Waals surface area contributed by atoms with Crippen LogP contribution in [-0.2, 0) is 0 Å². The van der Waals surface area contributed by atoms with Crippen molar-refractivity contribution < 1.29 is 4.79 Å². The van der Waals surface area contributed by atoms with Gasteiger partial charge in [0.15, 0.2) is 6.29 Å². The molecule has 0 fully saturated rings. The summed E-state index contributed by atoms with van der Waals surface area (Å²) in [6.45, 7) is 0. The molecule has 0 saturated heterocycles. The second kappa shape index (κ2) is 2.92. The SMILES string of the molecule is O=Cc1cc2ncc3ccccc3c2[nH]1. The fourth-order valence-electron chi connectivity index (χ4n) is 1.81. The molecule has 0 amide bonds. The number of H-pyrrole nitrogens is 1. The lowest BCUT2D eigenvalue weighted by atomic mass is 10.1. The van der Waals surface area contributed by atoms with Gasteiger partial charge < -0.3 is 4.98 Å². The van der Waals surface area contributed by atoms with Crippen LogP contribution in [0.5, 0.6) is 0 Å². The maximum atomic E-state index is 10.7. The van der Waals surface area contributed by atoms with Crippen LogP contribution < -0.4 is 0 Å². The molecular weight excluding hydrogens is 188 g/mol. The van der Waals surface area contributed by atoms with E-state index in [2.05, 4.69) is 9.97 Å². The number of carbonyl (C=O) groups is 1. The van der Waals surface area contributed by atoms with Crippen LogP contribution in [0.25, 0.3) is 21.8 Å². The number of aldehydes is 1. The van der Waals surface area contributed by atoms with Crippen molar-refractivity contribution in [1.29, 1.82) is 0 Å². The van der Waals surface area contributed by atoms with Crippen molar-refractivity contribution >= 4 is 28.1 Å². The zero-order valence-electron chi connectivity index (χ0n) is 7.90. The van der Waals surface area contributed by atoms with Crippen molar-refractivity contribution in [3.8, 4) is 0 Å². The molecule has 72 valence electrons. The number of benzene rings is 1. The first-order valence-electron chi connectivity index (χ1n) is 4.70. The molecule has 0 atom stereocenters. The molecule has 1 aromatic carbocycles. The van der Waals surface area contributed by atoms with Crippen molar-refractivity contribution in [2.45, 2.75) is 0 Å². The van der Waals surface area contributed by atoms with Gasteiger partial charge in [0.25, 0.3) is 0 Å². The Morgan fingerprint density at radius 3 is 3.00 bits per heavy atom. The molecule has 2 aromatic heterocycles. The minimum absolute atomic E-state index is 0.564. The smallest absolute Gasteiger partial charge is 0.166 e. The first kappa shape index (κ1) is 8.17. The Balaban J connectivity index is 2.52. The maximum Gasteiger partial charge on any atom is 0.166 e. The van der Waals surface area contributed by atoms with E-state index in [0.29, 0.717) is 5.69 Å². The van der Waals surface area contributed by atoms with Gasteiger partial charge in [0.05, 0.1) is 16.7 Å². The lowest BCUT2D eigenvalue weighted by molar-refractivity contribution is 0.112. The van der Waals surface area contributed by atoms with Crippen LogP contribution in [0.2, 0.25) is 0 Å². The van der Waals surface area contributed by atoms with E-state index in [4.69, 9.17) is 0 Å². The Hall–Kier alpha value is -2.16. The van der Waals surface area contributed by atoms with Gasteiger partial charge in [-0.1, -0.05) is 24.3 Å². The molecule has 0 saturated carbocycles. The summed E-state index contributed by atoms with van der Waals surface area (Å²) >= 11 is 0. The summed E-state index contributed by atoms with van der Waals surface area (Å²) in [6.07, 6.45) is 2.62. The molecule has 0 aliphatic carbocycles.